The Labute approximate surface area is 78.6 Å². The van der Waals surface area contributed by atoms with Crippen LogP contribution in [0.3, 0.4) is 0 Å². The van der Waals surface area contributed by atoms with E-state index < -0.39 is 0 Å². The average Bonchev–Trinajstić information content (AvgIpc) is 2.99. The Morgan fingerprint density at radius 2 is 2.38 bits per heavy atom. The fourth-order valence-electron chi connectivity index (χ4n) is 1.61. The lowest BCUT2D eigenvalue weighted by Gasteiger charge is -2.14. The van der Waals surface area contributed by atoms with Gasteiger partial charge in [-0.2, -0.15) is 10.2 Å². The van der Waals surface area contributed by atoms with Gasteiger partial charge in [0, 0.05) is 12.2 Å². The SMILES string of the molecule is CNC(CC1CC1)c1ccnnc1. The van der Waals surface area contributed by atoms with Crippen LogP contribution >= 0.6 is 0 Å². The van der Waals surface area contributed by atoms with Crippen molar-refractivity contribution < 1.29 is 0 Å². The first kappa shape index (κ1) is 8.63. The Morgan fingerprint density at radius 1 is 1.54 bits per heavy atom. The molecule has 1 heterocycles. The van der Waals surface area contributed by atoms with E-state index in [1.54, 1.807) is 6.20 Å². The fourth-order valence-corrected chi connectivity index (χ4v) is 1.61. The summed E-state index contributed by atoms with van der Waals surface area (Å²) in [6.07, 6.45) is 7.64. The Morgan fingerprint density at radius 3 is 2.92 bits per heavy atom. The molecule has 1 aliphatic rings. The van der Waals surface area contributed by atoms with Crippen molar-refractivity contribution >= 4 is 0 Å². The van der Waals surface area contributed by atoms with Gasteiger partial charge < -0.3 is 5.32 Å². The van der Waals surface area contributed by atoms with Crippen LogP contribution in [-0.4, -0.2) is 17.2 Å². The van der Waals surface area contributed by atoms with Crippen LogP contribution in [0.5, 0.6) is 0 Å². The highest BCUT2D eigenvalue weighted by atomic mass is 15.1. The molecule has 1 unspecified atom stereocenters. The molecule has 70 valence electrons. The third kappa shape index (κ3) is 2.25. The molecule has 0 spiro atoms. The van der Waals surface area contributed by atoms with Crippen molar-refractivity contribution in [1.29, 1.82) is 0 Å². The van der Waals surface area contributed by atoms with Gasteiger partial charge in [-0.05, 0) is 31.0 Å². The van der Waals surface area contributed by atoms with Crippen LogP contribution in [0.1, 0.15) is 30.9 Å². The highest BCUT2D eigenvalue weighted by molar-refractivity contribution is 5.11. The molecule has 1 N–H and O–H groups in total. The second-order valence-electron chi connectivity index (χ2n) is 3.70. The first-order valence-electron chi connectivity index (χ1n) is 4.84. The minimum absolute atomic E-state index is 0.461. The van der Waals surface area contributed by atoms with Crippen LogP contribution in [0.25, 0.3) is 0 Å². The van der Waals surface area contributed by atoms with Crippen LogP contribution in [0.2, 0.25) is 0 Å². The maximum Gasteiger partial charge on any atom is 0.0544 e. The predicted octanol–water partition coefficient (Wildman–Crippen LogP) is 1.54. The first-order valence-corrected chi connectivity index (χ1v) is 4.84. The van der Waals surface area contributed by atoms with Crippen molar-refractivity contribution in [3.63, 3.8) is 0 Å². The molecule has 1 aromatic rings. The molecule has 3 nitrogen and oxygen atoms in total. The van der Waals surface area contributed by atoms with Gasteiger partial charge in [-0.1, -0.05) is 12.8 Å². The van der Waals surface area contributed by atoms with Gasteiger partial charge in [0.2, 0.25) is 0 Å². The smallest absolute Gasteiger partial charge is 0.0544 e. The summed E-state index contributed by atoms with van der Waals surface area (Å²) in [6.45, 7) is 0. The second-order valence-corrected chi connectivity index (χ2v) is 3.70. The van der Waals surface area contributed by atoms with Gasteiger partial charge in [0.15, 0.2) is 0 Å². The molecule has 13 heavy (non-hydrogen) atoms. The van der Waals surface area contributed by atoms with E-state index in [0.29, 0.717) is 6.04 Å². The van der Waals surface area contributed by atoms with Gasteiger partial charge in [0.1, 0.15) is 0 Å². The number of aromatic nitrogens is 2. The van der Waals surface area contributed by atoms with Crippen molar-refractivity contribution in [2.24, 2.45) is 5.92 Å². The Kier molecular flexibility index (Phi) is 2.54. The second kappa shape index (κ2) is 3.83. The van der Waals surface area contributed by atoms with Gasteiger partial charge in [0.05, 0.1) is 6.20 Å². The summed E-state index contributed by atoms with van der Waals surface area (Å²) in [5.74, 6) is 0.936. The van der Waals surface area contributed by atoms with Gasteiger partial charge in [-0.15, -0.1) is 0 Å². The quantitative estimate of drug-likeness (QED) is 0.758. The molecular formula is C10H15N3. The van der Waals surface area contributed by atoms with E-state index in [2.05, 4.69) is 15.5 Å². The molecule has 3 heteroatoms. The van der Waals surface area contributed by atoms with E-state index >= 15 is 0 Å². The number of nitrogens with zero attached hydrogens (tertiary/aromatic N) is 2. The van der Waals surface area contributed by atoms with Crippen molar-refractivity contribution in [2.75, 3.05) is 7.05 Å². The van der Waals surface area contributed by atoms with E-state index in [9.17, 15) is 0 Å². The summed E-state index contributed by atoms with van der Waals surface area (Å²) in [4.78, 5) is 0. The topological polar surface area (TPSA) is 37.8 Å². The Balaban J connectivity index is 2.02. The van der Waals surface area contributed by atoms with Crippen molar-refractivity contribution in [2.45, 2.75) is 25.3 Å². The summed E-state index contributed by atoms with van der Waals surface area (Å²) in [6, 6.07) is 2.50. The number of nitrogens with one attached hydrogen (secondary N) is 1. The van der Waals surface area contributed by atoms with E-state index in [0.717, 1.165) is 5.92 Å². The minimum Gasteiger partial charge on any atom is -0.313 e. The maximum absolute atomic E-state index is 3.89. The number of rotatable bonds is 4. The third-order valence-corrected chi connectivity index (χ3v) is 2.62. The summed E-state index contributed by atoms with van der Waals surface area (Å²) in [5, 5.41) is 11.0. The molecule has 0 aliphatic heterocycles. The lowest BCUT2D eigenvalue weighted by molar-refractivity contribution is 0.512. The molecular weight excluding hydrogens is 162 g/mol. The number of hydrogen-bond acceptors (Lipinski definition) is 3. The molecule has 0 aromatic carbocycles. The lowest BCUT2D eigenvalue weighted by atomic mass is 10.0. The standard InChI is InChI=1S/C10H15N3/c1-11-10(6-8-2-3-8)9-4-5-12-13-7-9/h4-5,7-8,10-11H,2-3,6H2,1H3. The van der Waals surface area contributed by atoms with Crippen LogP contribution in [-0.2, 0) is 0 Å². The van der Waals surface area contributed by atoms with Crippen molar-refractivity contribution in [3.05, 3.63) is 24.0 Å². The molecule has 0 radical (unpaired) electrons. The number of hydrogen-bond donors (Lipinski definition) is 1. The highest BCUT2D eigenvalue weighted by Crippen LogP contribution is 2.37. The molecule has 0 bridgehead atoms. The van der Waals surface area contributed by atoms with Crippen molar-refractivity contribution in [1.82, 2.24) is 15.5 Å². The van der Waals surface area contributed by atoms with Crippen LogP contribution in [0.4, 0.5) is 0 Å². The first-order chi connectivity index (χ1) is 6.40. The zero-order chi connectivity index (χ0) is 9.10. The molecule has 2 rings (SSSR count). The lowest BCUT2D eigenvalue weighted by Crippen LogP contribution is -2.17. The maximum atomic E-state index is 3.89. The molecule has 1 fully saturated rings. The van der Waals surface area contributed by atoms with Crippen LogP contribution in [0, 0.1) is 5.92 Å². The zero-order valence-corrected chi connectivity index (χ0v) is 7.90. The molecule has 1 aliphatic carbocycles. The van der Waals surface area contributed by atoms with E-state index in [1.807, 2.05) is 19.3 Å². The van der Waals surface area contributed by atoms with E-state index in [1.165, 1.54) is 24.8 Å². The Bertz CT molecular complexity index is 256. The minimum atomic E-state index is 0.461. The molecule has 0 saturated heterocycles. The molecule has 1 atom stereocenters. The van der Waals surface area contributed by atoms with Crippen molar-refractivity contribution in [3.8, 4) is 0 Å². The highest BCUT2D eigenvalue weighted by Gasteiger charge is 2.25. The Hall–Kier alpha value is -0.960. The van der Waals surface area contributed by atoms with Gasteiger partial charge in [0.25, 0.3) is 0 Å². The average molecular weight is 177 g/mol. The van der Waals surface area contributed by atoms with E-state index in [-0.39, 0.29) is 0 Å². The van der Waals surface area contributed by atoms with Crippen LogP contribution in [0.15, 0.2) is 18.5 Å². The van der Waals surface area contributed by atoms with E-state index in [4.69, 9.17) is 0 Å². The van der Waals surface area contributed by atoms with Gasteiger partial charge in [-0.25, -0.2) is 0 Å². The monoisotopic (exact) mass is 177 g/mol. The van der Waals surface area contributed by atoms with Gasteiger partial charge in [-0.3, -0.25) is 0 Å². The van der Waals surface area contributed by atoms with Crippen LogP contribution < -0.4 is 5.32 Å². The summed E-state index contributed by atoms with van der Waals surface area (Å²) in [7, 11) is 2.01. The third-order valence-electron chi connectivity index (χ3n) is 2.62. The van der Waals surface area contributed by atoms with Gasteiger partial charge >= 0.3 is 0 Å². The largest absolute Gasteiger partial charge is 0.313 e. The summed E-state index contributed by atoms with van der Waals surface area (Å²) < 4.78 is 0. The molecule has 1 saturated carbocycles. The summed E-state index contributed by atoms with van der Waals surface area (Å²) >= 11 is 0. The normalized spacial score (nSPS) is 18.5. The molecule has 1 aromatic heterocycles. The fraction of sp³-hybridized carbons (Fsp3) is 0.600. The predicted molar refractivity (Wildman–Crippen MR) is 51.2 cm³/mol. The molecule has 0 amide bonds. The zero-order valence-electron chi connectivity index (χ0n) is 7.90. The summed E-state index contributed by atoms with van der Waals surface area (Å²) in [5.41, 5.74) is 1.25.